The highest BCUT2D eigenvalue weighted by molar-refractivity contribution is 5.80. The van der Waals surface area contributed by atoms with Gasteiger partial charge in [0.05, 0.1) is 26.2 Å². The first kappa shape index (κ1) is 18.7. The van der Waals surface area contributed by atoms with Crippen molar-refractivity contribution in [2.75, 3.05) is 39.5 Å². The maximum atomic E-state index is 11.5. The van der Waals surface area contributed by atoms with E-state index in [2.05, 4.69) is 16.4 Å². The average Bonchev–Trinajstić information content (AvgIpc) is 2.84. The molecule has 9 heteroatoms. The normalized spacial score (nSPS) is 17.4. The number of hydrogen-bond acceptors (Lipinski definition) is 9. The Hall–Kier alpha value is -1.26. The molecule has 1 heterocycles. The molecule has 0 aliphatic carbocycles. The first-order chi connectivity index (χ1) is 9.67. The first-order valence-electron chi connectivity index (χ1n) is 6.31. The molecule has 1 rings (SSSR count). The van der Waals surface area contributed by atoms with Crippen molar-refractivity contribution in [1.82, 2.24) is 4.90 Å². The van der Waals surface area contributed by atoms with Gasteiger partial charge in [-0.3, -0.25) is 21.4 Å². The average molecular weight is 293 g/mol. The third-order valence-corrected chi connectivity index (χ3v) is 2.63. The Kier molecular flexibility index (Phi) is 10.8. The summed E-state index contributed by atoms with van der Waals surface area (Å²) >= 11 is 0. The highest BCUT2D eigenvalue weighted by Gasteiger charge is 2.29. The summed E-state index contributed by atoms with van der Waals surface area (Å²) < 4.78 is 9.64. The fraction of sp³-hybridized carbons (Fsp3) is 0.818. The third-order valence-electron chi connectivity index (χ3n) is 2.63. The highest BCUT2D eigenvalue weighted by Crippen LogP contribution is 2.11. The predicted molar refractivity (Wildman–Crippen MR) is 69.1 cm³/mol. The van der Waals surface area contributed by atoms with Crippen molar-refractivity contribution >= 4 is 11.9 Å². The molecule has 6 N–H and O–H groups in total. The van der Waals surface area contributed by atoms with Crippen LogP contribution in [0.1, 0.15) is 12.8 Å². The van der Waals surface area contributed by atoms with Crippen LogP contribution in [0.4, 0.5) is 0 Å². The van der Waals surface area contributed by atoms with Crippen LogP contribution in [0.3, 0.4) is 0 Å². The van der Waals surface area contributed by atoms with E-state index in [-0.39, 0.29) is 26.2 Å². The lowest BCUT2D eigenvalue weighted by atomic mass is 10.3. The molecule has 0 amide bonds. The maximum absolute atomic E-state index is 11.5. The van der Waals surface area contributed by atoms with Crippen LogP contribution in [0.2, 0.25) is 0 Å². The van der Waals surface area contributed by atoms with Gasteiger partial charge >= 0.3 is 11.9 Å². The Labute approximate surface area is 117 Å². The molecule has 20 heavy (non-hydrogen) atoms. The predicted octanol–water partition coefficient (Wildman–Crippen LogP) is -2.66. The van der Waals surface area contributed by atoms with Crippen molar-refractivity contribution in [2.24, 2.45) is 11.7 Å². The van der Waals surface area contributed by atoms with Gasteiger partial charge in [0, 0.05) is 26.1 Å². The lowest BCUT2D eigenvalue weighted by Crippen LogP contribution is -2.33. The molecular weight excluding hydrogens is 270 g/mol. The van der Waals surface area contributed by atoms with Gasteiger partial charge in [-0.2, -0.15) is 0 Å². The van der Waals surface area contributed by atoms with E-state index in [0.717, 1.165) is 0 Å². The second-order valence-corrected chi connectivity index (χ2v) is 3.97. The van der Waals surface area contributed by atoms with Crippen LogP contribution in [-0.2, 0) is 19.1 Å². The second kappa shape index (κ2) is 11.6. The molecule has 0 spiro atoms. The van der Waals surface area contributed by atoms with Crippen molar-refractivity contribution < 1.29 is 29.3 Å². The lowest BCUT2D eigenvalue weighted by molar-refractivity contribution is -0.160. The number of hydrazine groups is 1. The molecule has 0 saturated carbocycles. The molecule has 1 fully saturated rings. The minimum absolute atomic E-state index is 0.0377. The fourth-order valence-corrected chi connectivity index (χ4v) is 1.67. The standard InChI is InChI=1S/C11H19NO6.H4N2/c13-6-4-12(5-7-14)3-1-10(15)18-9-2-8-17-11(9)16;1-2/h9,13-14H,1-8H2;1-2H2. The Morgan fingerprint density at radius 1 is 1.30 bits per heavy atom. The van der Waals surface area contributed by atoms with Crippen LogP contribution in [0.5, 0.6) is 0 Å². The quantitative estimate of drug-likeness (QED) is 0.214. The number of carbonyl (C=O) groups excluding carboxylic acids is 2. The first-order valence-corrected chi connectivity index (χ1v) is 6.31. The monoisotopic (exact) mass is 293 g/mol. The van der Waals surface area contributed by atoms with E-state index >= 15 is 0 Å². The maximum Gasteiger partial charge on any atom is 0.347 e. The van der Waals surface area contributed by atoms with Crippen molar-refractivity contribution in [1.29, 1.82) is 0 Å². The summed E-state index contributed by atoms with van der Waals surface area (Å²) in [6, 6.07) is 0. The Morgan fingerprint density at radius 2 is 1.90 bits per heavy atom. The summed E-state index contributed by atoms with van der Waals surface area (Å²) in [6.45, 7) is 1.37. The number of carbonyl (C=O) groups is 2. The molecule has 0 bridgehead atoms. The molecule has 118 valence electrons. The van der Waals surface area contributed by atoms with E-state index < -0.39 is 18.0 Å². The number of hydrogen-bond donors (Lipinski definition) is 4. The molecule has 0 aromatic carbocycles. The van der Waals surface area contributed by atoms with E-state index in [1.165, 1.54) is 0 Å². The van der Waals surface area contributed by atoms with Gasteiger partial charge in [-0.05, 0) is 0 Å². The second-order valence-electron chi connectivity index (χ2n) is 3.97. The van der Waals surface area contributed by atoms with Gasteiger partial charge in [-0.25, -0.2) is 4.79 Å². The topological polar surface area (TPSA) is 148 Å². The van der Waals surface area contributed by atoms with E-state index in [1.54, 1.807) is 4.90 Å². The summed E-state index contributed by atoms with van der Waals surface area (Å²) in [7, 11) is 0. The number of nitrogens with two attached hydrogens (primary N) is 2. The zero-order chi connectivity index (χ0) is 15.4. The largest absolute Gasteiger partial charge is 0.463 e. The molecule has 1 aliphatic heterocycles. The third kappa shape index (κ3) is 7.36. The number of nitrogens with zero attached hydrogens (tertiary/aromatic N) is 1. The highest BCUT2D eigenvalue weighted by atomic mass is 16.6. The van der Waals surface area contributed by atoms with Crippen molar-refractivity contribution in [3.05, 3.63) is 0 Å². The van der Waals surface area contributed by atoms with Gasteiger partial charge < -0.3 is 19.7 Å². The molecule has 1 saturated heterocycles. The van der Waals surface area contributed by atoms with Crippen LogP contribution < -0.4 is 11.7 Å². The Balaban J connectivity index is 0.00000172. The number of rotatable bonds is 8. The number of esters is 2. The fourth-order valence-electron chi connectivity index (χ4n) is 1.67. The summed E-state index contributed by atoms with van der Waals surface area (Å²) in [5.74, 6) is 7.03. The number of aliphatic hydroxyl groups is 2. The molecule has 1 unspecified atom stereocenters. The van der Waals surface area contributed by atoms with Gasteiger partial charge in [0.15, 0.2) is 0 Å². The van der Waals surface area contributed by atoms with E-state index in [9.17, 15) is 9.59 Å². The molecule has 0 aromatic heterocycles. The Morgan fingerprint density at radius 3 is 2.35 bits per heavy atom. The van der Waals surface area contributed by atoms with Crippen LogP contribution in [0, 0.1) is 0 Å². The summed E-state index contributed by atoms with van der Waals surface area (Å²) in [5.41, 5.74) is 0. The van der Waals surface area contributed by atoms with Gasteiger partial charge in [-0.1, -0.05) is 0 Å². The van der Waals surface area contributed by atoms with Gasteiger partial charge in [0.1, 0.15) is 0 Å². The van der Waals surface area contributed by atoms with Crippen LogP contribution in [0.15, 0.2) is 0 Å². The smallest absolute Gasteiger partial charge is 0.347 e. The number of ether oxygens (including phenoxy) is 2. The van der Waals surface area contributed by atoms with Gasteiger partial charge in [0.2, 0.25) is 6.10 Å². The van der Waals surface area contributed by atoms with Crippen molar-refractivity contribution in [3.63, 3.8) is 0 Å². The Bertz CT molecular complexity index is 283. The van der Waals surface area contributed by atoms with Crippen LogP contribution in [0.25, 0.3) is 0 Å². The SMILES string of the molecule is NN.O=C(CCN(CCO)CCO)OC1CCOC1=O. The number of cyclic esters (lactones) is 1. The summed E-state index contributed by atoms with van der Waals surface area (Å²) in [4.78, 5) is 24.3. The molecular formula is C11H23N3O6. The summed E-state index contributed by atoms with van der Waals surface area (Å²) in [5, 5.41) is 17.6. The lowest BCUT2D eigenvalue weighted by Gasteiger charge is -2.19. The minimum atomic E-state index is -0.776. The van der Waals surface area contributed by atoms with E-state index in [0.29, 0.717) is 26.1 Å². The van der Waals surface area contributed by atoms with E-state index in [1.807, 2.05) is 0 Å². The molecule has 1 atom stereocenters. The molecule has 9 nitrogen and oxygen atoms in total. The molecule has 1 aliphatic rings. The molecule has 0 aromatic rings. The summed E-state index contributed by atoms with van der Waals surface area (Å²) in [6.07, 6.45) is -0.257. The van der Waals surface area contributed by atoms with Crippen LogP contribution in [-0.4, -0.2) is 72.6 Å². The van der Waals surface area contributed by atoms with Gasteiger partial charge in [0.25, 0.3) is 0 Å². The van der Waals surface area contributed by atoms with E-state index in [4.69, 9.17) is 14.9 Å². The zero-order valence-corrected chi connectivity index (χ0v) is 11.4. The number of aliphatic hydroxyl groups excluding tert-OH is 2. The zero-order valence-electron chi connectivity index (χ0n) is 11.4. The van der Waals surface area contributed by atoms with Crippen molar-refractivity contribution in [2.45, 2.75) is 18.9 Å². The minimum Gasteiger partial charge on any atom is -0.463 e. The van der Waals surface area contributed by atoms with Gasteiger partial charge in [-0.15, -0.1) is 0 Å². The van der Waals surface area contributed by atoms with Crippen LogP contribution >= 0.6 is 0 Å². The molecule has 0 radical (unpaired) electrons. The van der Waals surface area contributed by atoms with Crippen molar-refractivity contribution in [3.8, 4) is 0 Å².